The third-order valence-corrected chi connectivity index (χ3v) is 4.67. The van der Waals surface area contributed by atoms with Gasteiger partial charge in [-0.25, -0.2) is 9.97 Å². The van der Waals surface area contributed by atoms with Gasteiger partial charge in [-0.15, -0.1) is 11.3 Å². The van der Waals surface area contributed by atoms with Gasteiger partial charge in [-0.2, -0.15) is 0 Å². The standard InChI is InChI=1S/C14H20N4OS/c1-10-14-15-6-13(18(14)5-4-17(10)3)8-19-7-12-9-20-11(2)16-12/h6,9-10H,4-5,7-8H2,1-3H3/t10-/m0/s1. The second-order valence-electron chi connectivity index (χ2n) is 5.27. The van der Waals surface area contributed by atoms with Gasteiger partial charge in [0.2, 0.25) is 0 Å². The third-order valence-electron chi connectivity index (χ3n) is 3.85. The van der Waals surface area contributed by atoms with E-state index in [1.54, 1.807) is 11.3 Å². The van der Waals surface area contributed by atoms with Gasteiger partial charge in [0.15, 0.2) is 0 Å². The quantitative estimate of drug-likeness (QED) is 0.868. The molecule has 108 valence electrons. The summed E-state index contributed by atoms with van der Waals surface area (Å²) in [6, 6.07) is 0.374. The molecule has 0 N–H and O–H groups in total. The molecule has 2 aromatic heterocycles. The molecule has 6 heteroatoms. The second-order valence-corrected chi connectivity index (χ2v) is 6.33. The molecule has 20 heavy (non-hydrogen) atoms. The Morgan fingerprint density at radius 3 is 3.00 bits per heavy atom. The van der Waals surface area contributed by atoms with Gasteiger partial charge in [-0.3, -0.25) is 4.90 Å². The zero-order valence-electron chi connectivity index (χ0n) is 12.2. The highest BCUT2D eigenvalue weighted by Crippen LogP contribution is 2.24. The van der Waals surface area contributed by atoms with Crippen LogP contribution >= 0.6 is 11.3 Å². The lowest BCUT2D eigenvalue weighted by molar-refractivity contribution is 0.0971. The minimum absolute atomic E-state index is 0.374. The van der Waals surface area contributed by atoms with Crippen LogP contribution in [0.25, 0.3) is 0 Å². The molecule has 0 saturated heterocycles. The van der Waals surface area contributed by atoms with Crippen LogP contribution < -0.4 is 0 Å². The maximum absolute atomic E-state index is 5.78. The summed E-state index contributed by atoms with van der Waals surface area (Å²) in [5.74, 6) is 1.14. The first kappa shape index (κ1) is 13.7. The van der Waals surface area contributed by atoms with Crippen LogP contribution in [-0.2, 0) is 24.5 Å². The largest absolute Gasteiger partial charge is 0.369 e. The van der Waals surface area contributed by atoms with Gasteiger partial charge in [-0.05, 0) is 20.9 Å². The highest BCUT2D eigenvalue weighted by Gasteiger charge is 2.24. The molecule has 1 aliphatic rings. The summed E-state index contributed by atoms with van der Waals surface area (Å²) in [6.45, 7) is 7.42. The van der Waals surface area contributed by atoms with Crippen molar-refractivity contribution < 1.29 is 4.74 Å². The highest BCUT2D eigenvalue weighted by molar-refractivity contribution is 7.09. The Balaban J connectivity index is 1.63. The molecule has 0 fully saturated rings. The molecule has 5 nitrogen and oxygen atoms in total. The summed E-state index contributed by atoms with van der Waals surface area (Å²) >= 11 is 1.66. The van der Waals surface area contributed by atoms with Crippen LogP contribution in [0.5, 0.6) is 0 Å². The van der Waals surface area contributed by atoms with Crippen molar-refractivity contribution in [3.8, 4) is 0 Å². The van der Waals surface area contributed by atoms with Crippen molar-refractivity contribution in [1.82, 2.24) is 19.4 Å². The lowest BCUT2D eigenvalue weighted by atomic mass is 10.2. The number of nitrogens with zero attached hydrogens (tertiary/aromatic N) is 4. The number of likely N-dealkylation sites (N-methyl/N-ethyl adjacent to an activating group) is 1. The Bertz CT molecular complexity index is 592. The number of aromatic nitrogens is 3. The number of thiazole rings is 1. The zero-order valence-corrected chi connectivity index (χ0v) is 13.0. The number of hydrogen-bond acceptors (Lipinski definition) is 5. The first-order valence-electron chi connectivity index (χ1n) is 6.88. The van der Waals surface area contributed by atoms with E-state index in [0.29, 0.717) is 19.3 Å². The predicted molar refractivity (Wildman–Crippen MR) is 78.6 cm³/mol. The van der Waals surface area contributed by atoms with Gasteiger partial charge >= 0.3 is 0 Å². The van der Waals surface area contributed by atoms with E-state index in [1.165, 1.54) is 0 Å². The van der Waals surface area contributed by atoms with Crippen LogP contribution in [0.2, 0.25) is 0 Å². The average molecular weight is 292 g/mol. The maximum Gasteiger partial charge on any atom is 0.126 e. The number of aryl methyl sites for hydroxylation is 1. The van der Waals surface area contributed by atoms with Gasteiger partial charge in [0.1, 0.15) is 5.82 Å². The van der Waals surface area contributed by atoms with Crippen molar-refractivity contribution in [2.24, 2.45) is 0 Å². The average Bonchev–Trinajstić information content (AvgIpc) is 3.01. The molecule has 2 aromatic rings. The summed E-state index contributed by atoms with van der Waals surface area (Å²) < 4.78 is 8.06. The van der Waals surface area contributed by atoms with E-state index in [2.05, 4.69) is 38.8 Å². The Morgan fingerprint density at radius 1 is 1.40 bits per heavy atom. The molecule has 3 rings (SSSR count). The van der Waals surface area contributed by atoms with E-state index in [9.17, 15) is 0 Å². The van der Waals surface area contributed by atoms with Gasteiger partial charge < -0.3 is 9.30 Å². The maximum atomic E-state index is 5.78. The number of rotatable bonds is 4. The molecule has 0 radical (unpaired) electrons. The minimum Gasteiger partial charge on any atom is -0.369 e. The molecule has 0 saturated carbocycles. The van der Waals surface area contributed by atoms with E-state index in [-0.39, 0.29) is 0 Å². The summed E-state index contributed by atoms with van der Waals surface area (Å²) in [4.78, 5) is 11.3. The van der Waals surface area contributed by atoms with Crippen molar-refractivity contribution in [1.29, 1.82) is 0 Å². The van der Waals surface area contributed by atoms with Crippen molar-refractivity contribution in [2.75, 3.05) is 13.6 Å². The van der Waals surface area contributed by atoms with E-state index in [4.69, 9.17) is 4.74 Å². The molecule has 0 spiro atoms. The van der Waals surface area contributed by atoms with Crippen LogP contribution in [0, 0.1) is 6.92 Å². The first-order chi connectivity index (χ1) is 9.65. The summed E-state index contributed by atoms with van der Waals surface area (Å²) in [5.41, 5.74) is 2.17. The number of fused-ring (bicyclic) bond motifs is 1. The molecular weight excluding hydrogens is 272 g/mol. The van der Waals surface area contributed by atoms with Gasteiger partial charge in [-0.1, -0.05) is 0 Å². The summed E-state index contributed by atoms with van der Waals surface area (Å²) in [7, 11) is 2.14. The Kier molecular flexibility index (Phi) is 3.87. The molecule has 0 amide bonds. The van der Waals surface area contributed by atoms with Crippen molar-refractivity contribution in [2.45, 2.75) is 39.6 Å². The van der Waals surface area contributed by atoms with Crippen LogP contribution in [-0.4, -0.2) is 33.0 Å². The first-order valence-corrected chi connectivity index (χ1v) is 7.76. The van der Waals surface area contributed by atoms with E-state index in [1.807, 2.05) is 13.1 Å². The van der Waals surface area contributed by atoms with Crippen molar-refractivity contribution in [3.63, 3.8) is 0 Å². The number of ether oxygens (including phenoxy) is 1. The van der Waals surface area contributed by atoms with Crippen LogP contribution in [0.1, 0.15) is 35.2 Å². The van der Waals surface area contributed by atoms with Gasteiger partial charge in [0.05, 0.1) is 41.8 Å². The Morgan fingerprint density at radius 2 is 2.25 bits per heavy atom. The molecule has 3 heterocycles. The van der Waals surface area contributed by atoms with E-state index in [0.717, 1.165) is 35.3 Å². The fourth-order valence-electron chi connectivity index (χ4n) is 2.52. The Labute approximate surface area is 123 Å². The second kappa shape index (κ2) is 5.63. The Hall–Kier alpha value is -1.24. The molecule has 1 aliphatic heterocycles. The summed E-state index contributed by atoms with van der Waals surface area (Å²) in [5, 5.41) is 3.14. The predicted octanol–water partition coefficient (Wildman–Crippen LogP) is 2.37. The van der Waals surface area contributed by atoms with Gasteiger partial charge in [0.25, 0.3) is 0 Å². The van der Waals surface area contributed by atoms with E-state index >= 15 is 0 Å². The number of imidazole rings is 1. The van der Waals surface area contributed by atoms with Crippen molar-refractivity contribution in [3.05, 3.63) is 33.8 Å². The highest BCUT2D eigenvalue weighted by atomic mass is 32.1. The minimum atomic E-state index is 0.374. The lowest BCUT2D eigenvalue weighted by Gasteiger charge is -2.31. The SMILES string of the molecule is Cc1nc(COCc2cnc3n2CCN(C)[C@H]3C)cs1. The zero-order chi connectivity index (χ0) is 14.1. The molecule has 0 unspecified atom stereocenters. The fourth-order valence-corrected chi connectivity index (χ4v) is 3.11. The normalized spacial score (nSPS) is 19.2. The topological polar surface area (TPSA) is 43.2 Å². The molecule has 0 bridgehead atoms. The van der Waals surface area contributed by atoms with Gasteiger partial charge in [0, 0.05) is 18.5 Å². The molecule has 0 aliphatic carbocycles. The smallest absolute Gasteiger partial charge is 0.126 e. The summed E-state index contributed by atoms with van der Waals surface area (Å²) in [6.07, 6.45) is 1.94. The van der Waals surface area contributed by atoms with Crippen LogP contribution in [0.4, 0.5) is 0 Å². The third kappa shape index (κ3) is 2.63. The van der Waals surface area contributed by atoms with Crippen molar-refractivity contribution >= 4 is 11.3 Å². The molecule has 0 aromatic carbocycles. The van der Waals surface area contributed by atoms with Crippen LogP contribution in [0.15, 0.2) is 11.6 Å². The monoisotopic (exact) mass is 292 g/mol. The molecule has 1 atom stereocenters. The number of hydrogen-bond donors (Lipinski definition) is 0. The fraction of sp³-hybridized carbons (Fsp3) is 0.571. The van der Waals surface area contributed by atoms with E-state index < -0.39 is 0 Å². The molecular formula is C14H20N4OS. The van der Waals surface area contributed by atoms with Crippen LogP contribution in [0.3, 0.4) is 0 Å². The lowest BCUT2D eigenvalue weighted by Crippen LogP contribution is -2.34.